The van der Waals surface area contributed by atoms with Crippen molar-refractivity contribution in [1.29, 1.82) is 0 Å². The van der Waals surface area contributed by atoms with E-state index in [9.17, 15) is 0 Å². The Kier molecular flexibility index (Phi) is 3.07. The van der Waals surface area contributed by atoms with E-state index in [4.69, 9.17) is 10.5 Å². The maximum absolute atomic E-state index is 6.14. The third-order valence-electron chi connectivity index (χ3n) is 3.78. The van der Waals surface area contributed by atoms with Gasteiger partial charge in [-0.15, -0.1) is 0 Å². The molecule has 1 aromatic carbocycles. The Morgan fingerprint density at radius 1 is 1.37 bits per heavy atom. The molecule has 0 radical (unpaired) electrons. The molecule has 1 fully saturated rings. The third kappa shape index (κ3) is 2.38. The average molecular weight is 259 g/mol. The van der Waals surface area contributed by atoms with Gasteiger partial charge in [-0.05, 0) is 50.8 Å². The van der Waals surface area contributed by atoms with Crippen LogP contribution in [0.4, 0.5) is 0 Å². The number of hydrogen-bond donors (Lipinski definition) is 1. The van der Waals surface area contributed by atoms with E-state index in [0.29, 0.717) is 0 Å². The topological polar surface area (TPSA) is 53.1 Å². The monoisotopic (exact) mass is 259 g/mol. The van der Waals surface area contributed by atoms with Crippen LogP contribution in [0.15, 0.2) is 24.5 Å². The second-order valence-corrected chi connectivity index (χ2v) is 5.90. The zero-order chi connectivity index (χ0) is 13.5. The second kappa shape index (κ2) is 4.62. The first-order chi connectivity index (χ1) is 9.05. The first kappa shape index (κ1) is 12.6. The number of fused-ring (bicyclic) bond motifs is 1. The van der Waals surface area contributed by atoms with Crippen LogP contribution in [-0.4, -0.2) is 16.2 Å². The lowest BCUT2D eigenvalue weighted by atomic mass is 9.95. The van der Waals surface area contributed by atoms with Crippen molar-refractivity contribution in [1.82, 2.24) is 9.55 Å². The first-order valence-electron chi connectivity index (χ1n) is 6.93. The predicted octanol–water partition coefficient (Wildman–Crippen LogP) is 2.93. The van der Waals surface area contributed by atoms with Crippen molar-refractivity contribution in [2.45, 2.75) is 44.9 Å². The Morgan fingerprint density at radius 2 is 2.21 bits per heavy atom. The van der Waals surface area contributed by atoms with Gasteiger partial charge in [0.2, 0.25) is 0 Å². The normalized spacial score (nSPS) is 20.9. The third-order valence-corrected chi connectivity index (χ3v) is 3.78. The van der Waals surface area contributed by atoms with Crippen molar-refractivity contribution >= 4 is 11.0 Å². The van der Waals surface area contributed by atoms with Gasteiger partial charge >= 0.3 is 0 Å². The molecule has 1 aliphatic rings. The van der Waals surface area contributed by atoms with Gasteiger partial charge in [-0.2, -0.15) is 0 Å². The molecule has 19 heavy (non-hydrogen) atoms. The van der Waals surface area contributed by atoms with E-state index in [1.54, 1.807) is 0 Å². The molecule has 0 aliphatic carbocycles. The minimum absolute atomic E-state index is 0.135. The van der Waals surface area contributed by atoms with Crippen molar-refractivity contribution in [2.24, 2.45) is 5.73 Å². The van der Waals surface area contributed by atoms with E-state index in [1.807, 2.05) is 20.2 Å². The quantitative estimate of drug-likeness (QED) is 0.902. The second-order valence-electron chi connectivity index (χ2n) is 5.90. The molecule has 2 aromatic rings. The number of imidazole rings is 1. The van der Waals surface area contributed by atoms with Crippen molar-refractivity contribution in [3.8, 4) is 0 Å². The molecule has 1 unspecified atom stereocenters. The van der Waals surface area contributed by atoms with Crippen LogP contribution in [0.1, 0.15) is 44.9 Å². The largest absolute Gasteiger partial charge is 0.358 e. The van der Waals surface area contributed by atoms with Crippen LogP contribution < -0.4 is 5.73 Å². The molecule has 0 spiro atoms. The van der Waals surface area contributed by atoms with Gasteiger partial charge in [-0.1, -0.05) is 6.07 Å². The molecule has 2 N–H and O–H groups in total. The van der Waals surface area contributed by atoms with Crippen molar-refractivity contribution in [3.63, 3.8) is 0 Å². The Bertz CT molecular complexity index is 577. The molecule has 1 atom stereocenters. The molecule has 0 bridgehead atoms. The minimum Gasteiger partial charge on any atom is -0.358 e. The minimum atomic E-state index is -0.334. The van der Waals surface area contributed by atoms with Gasteiger partial charge in [-0.25, -0.2) is 4.98 Å². The van der Waals surface area contributed by atoms with E-state index in [0.717, 1.165) is 36.0 Å². The number of benzene rings is 1. The highest BCUT2D eigenvalue weighted by molar-refractivity contribution is 5.76. The molecule has 1 aliphatic heterocycles. The zero-order valence-corrected chi connectivity index (χ0v) is 11.6. The SMILES string of the molecule is CC(C)(N)c1ccc2c(c1)ncn2C1CCCCO1. The van der Waals surface area contributed by atoms with Gasteiger partial charge in [-0.3, -0.25) is 0 Å². The fourth-order valence-corrected chi connectivity index (χ4v) is 2.61. The van der Waals surface area contributed by atoms with Crippen LogP contribution in [0.25, 0.3) is 11.0 Å². The van der Waals surface area contributed by atoms with Crippen LogP contribution in [0.5, 0.6) is 0 Å². The number of nitrogens with two attached hydrogens (primary N) is 1. The fraction of sp³-hybridized carbons (Fsp3) is 0.533. The van der Waals surface area contributed by atoms with Crippen molar-refractivity contribution < 1.29 is 4.74 Å². The van der Waals surface area contributed by atoms with Crippen LogP contribution in [0.3, 0.4) is 0 Å². The summed E-state index contributed by atoms with van der Waals surface area (Å²) in [4.78, 5) is 4.50. The number of nitrogens with zero attached hydrogens (tertiary/aromatic N) is 2. The van der Waals surface area contributed by atoms with Gasteiger partial charge in [0, 0.05) is 12.1 Å². The van der Waals surface area contributed by atoms with E-state index in [2.05, 4.69) is 27.8 Å². The van der Waals surface area contributed by atoms with Crippen LogP contribution >= 0.6 is 0 Å². The fourth-order valence-electron chi connectivity index (χ4n) is 2.61. The van der Waals surface area contributed by atoms with Crippen molar-refractivity contribution in [2.75, 3.05) is 6.61 Å². The van der Waals surface area contributed by atoms with E-state index >= 15 is 0 Å². The Balaban J connectivity index is 2.00. The highest BCUT2D eigenvalue weighted by Gasteiger charge is 2.19. The standard InChI is InChI=1S/C15H21N3O/c1-15(2,16)11-6-7-13-12(9-11)17-10-18(13)14-5-3-4-8-19-14/h6-7,9-10,14H,3-5,8,16H2,1-2H3. The lowest BCUT2D eigenvalue weighted by Crippen LogP contribution is -2.28. The number of hydrogen-bond acceptors (Lipinski definition) is 3. The molecule has 3 rings (SSSR count). The maximum Gasteiger partial charge on any atom is 0.135 e. The number of aromatic nitrogens is 2. The van der Waals surface area contributed by atoms with E-state index < -0.39 is 0 Å². The molecule has 1 aromatic heterocycles. The maximum atomic E-state index is 6.14. The molecule has 0 amide bonds. The van der Waals surface area contributed by atoms with Gasteiger partial charge < -0.3 is 15.0 Å². The lowest BCUT2D eigenvalue weighted by molar-refractivity contribution is -0.0295. The summed E-state index contributed by atoms with van der Waals surface area (Å²) < 4.78 is 7.97. The van der Waals surface area contributed by atoms with E-state index in [1.165, 1.54) is 6.42 Å². The molecule has 102 valence electrons. The van der Waals surface area contributed by atoms with Gasteiger partial charge in [0.1, 0.15) is 6.23 Å². The number of ether oxygens (including phenoxy) is 1. The van der Waals surface area contributed by atoms with Gasteiger partial charge in [0.15, 0.2) is 0 Å². The molecule has 1 saturated heterocycles. The summed E-state index contributed by atoms with van der Waals surface area (Å²) in [5.74, 6) is 0. The smallest absolute Gasteiger partial charge is 0.135 e. The summed E-state index contributed by atoms with van der Waals surface area (Å²) in [5, 5.41) is 0. The lowest BCUT2D eigenvalue weighted by Gasteiger charge is -2.24. The summed E-state index contributed by atoms with van der Waals surface area (Å²) in [5.41, 5.74) is 9.03. The van der Waals surface area contributed by atoms with Crippen molar-refractivity contribution in [3.05, 3.63) is 30.1 Å². The van der Waals surface area contributed by atoms with Crippen LogP contribution in [-0.2, 0) is 10.3 Å². The summed E-state index contributed by atoms with van der Waals surface area (Å²) in [6.45, 7) is 4.86. The summed E-state index contributed by atoms with van der Waals surface area (Å²) in [6, 6.07) is 6.27. The molecule has 0 saturated carbocycles. The summed E-state index contributed by atoms with van der Waals surface area (Å²) in [6.07, 6.45) is 5.46. The highest BCUT2D eigenvalue weighted by atomic mass is 16.5. The first-order valence-corrected chi connectivity index (χ1v) is 6.93. The number of rotatable bonds is 2. The summed E-state index contributed by atoms with van der Waals surface area (Å²) >= 11 is 0. The summed E-state index contributed by atoms with van der Waals surface area (Å²) in [7, 11) is 0. The average Bonchev–Trinajstić information content (AvgIpc) is 2.81. The zero-order valence-electron chi connectivity index (χ0n) is 11.6. The Labute approximate surface area is 113 Å². The van der Waals surface area contributed by atoms with Gasteiger partial charge in [0.25, 0.3) is 0 Å². The molecule has 4 nitrogen and oxygen atoms in total. The van der Waals surface area contributed by atoms with E-state index in [-0.39, 0.29) is 11.8 Å². The van der Waals surface area contributed by atoms with Crippen LogP contribution in [0.2, 0.25) is 0 Å². The van der Waals surface area contributed by atoms with Gasteiger partial charge in [0.05, 0.1) is 17.4 Å². The Hall–Kier alpha value is -1.39. The molecular weight excluding hydrogens is 238 g/mol. The Morgan fingerprint density at radius 3 is 2.89 bits per heavy atom. The molecule has 4 heteroatoms. The molecule has 2 heterocycles. The predicted molar refractivity (Wildman–Crippen MR) is 75.8 cm³/mol. The highest BCUT2D eigenvalue weighted by Crippen LogP contribution is 2.28. The molecular formula is C15H21N3O. The van der Waals surface area contributed by atoms with Crippen LogP contribution in [0, 0.1) is 0 Å².